The van der Waals surface area contributed by atoms with Gasteiger partial charge in [0.15, 0.2) is 0 Å². The molecular formula is C25H34FN. The Bertz CT molecular complexity index is 644. The van der Waals surface area contributed by atoms with Gasteiger partial charge in [-0.3, -0.25) is 4.90 Å². The topological polar surface area (TPSA) is 3.24 Å². The quantitative estimate of drug-likeness (QED) is 0.487. The van der Waals surface area contributed by atoms with Gasteiger partial charge in [-0.15, -0.1) is 0 Å². The molecule has 1 saturated carbocycles. The van der Waals surface area contributed by atoms with Crippen molar-refractivity contribution in [2.45, 2.75) is 70.5 Å². The maximum absolute atomic E-state index is 13.3. The number of halogens is 1. The van der Waals surface area contributed by atoms with E-state index in [4.69, 9.17) is 0 Å². The fourth-order valence-corrected chi connectivity index (χ4v) is 4.28. The number of hydrogen-bond acceptors (Lipinski definition) is 1. The molecule has 0 atom stereocenters. The van der Waals surface area contributed by atoms with Crippen molar-refractivity contribution in [3.8, 4) is 0 Å². The van der Waals surface area contributed by atoms with Crippen LogP contribution >= 0.6 is 0 Å². The summed E-state index contributed by atoms with van der Waals surface area (Å²) in [5.41, 5.74) is 4.23. The average Bonchev–Trinajstić information content (AvgIpc) is 2.70. The second kappa shape index (κ2) is 10.6. The van der Waals surface area contributed by atoms with Gasteiger partial charge in [-0.1, -0.05) is 61.5 Å². The molecule has 1 nitrogen and oxygen atoms in total. The molecule has 27 heavy (non-hydrogen) atoms. The van der Waals surface area contributed by atoms with Gasteiger partial charge in [0.1, 0.15) is 6.17 Å². The van der Waals surface area contributed by atoms with Crippen molar-refractivity contribution < 1.29 is 4.39 Å². The lowest BCUT2D eigenvalue weighted by Gasteiger charge is -2.24. The SMILES string of the molecule is CCCN(CCCc1ccc(C2CCC(F)CC2)cc1)Cc1ccccc1. The lowest BCUT2D eigenvalue weighted by molar-refractivity contribution is 0.235. The van der Waals surface area contributed by atoms with Gasteiger partial charge in [-0.2, -0.15) is 0 Å². The fourth-order valence-electron chi connectivity index (χ4n) is 4.28. The lowest BCUT2D eigenvalue weighted by Crippen LogP contribution is -2.25. The number of nitrogens with zero attached hydrogens (tertiary/aromatic N) is 1. The van der Waals surface area contributed by atoms with Gasteiger partial charge >= 0.3 is 0 Å². The molecule has 2 aromatic carbocycles. The van der Waals surface area contributed by atoms with Crippen LogP contribution in [-0.4, -0.2) is 24.2 Å². The summed E-state index contributed by atoms with van der Waals surface area (Å²) in [7, 11) is 0. The first-order valence-corrected chi connectivity index (χ1v) is 10.7. The van der Waals surface area contributed by atoms with E-state index in [0.717, 1.165) is 51.7 Å². The minimum absolute atomic E-state index is 0.567. The molecule has 0 spiro atoms. The average molecular weight is 368 g/mol. The first-order chi connectivity index (χ1) is 13.2. The molecular weight excluding hydrogens is 333 g/mol. The Kier molecular flexibility index (Phi) is 7.89. The Balaban J connectivity index is 1.45. The summed E-state index contributed by atoms with van der Waals surface area (Å²) < 4.78 is 13.3. The Hall–Kier alpha value is -1.67. The number of aryl methyl sites for hydroxylation is 1. The molecule has 0 amide bonds. The van der Waals surface area contributed by atoms with E-state index in [1.165, 1.54) is 29.5 Å². The molecule has 0 aromatic heterocycles. The Morgan fingerprint density at radius 3 is 2.22 bits per heavy atom. The highest BCUT2D eigenvalue weighted by Gasteiger charge is 2.21. The molecule has 2 aromatic rings. The lowest BCUT2D eigenvalue weighted by atomic mass is 9.83. The molecule has 2 heteroatoms. The van der Waals surface area contributed by atoms with E-state index in [1.54, 1.807) is 0 Å². The molecule has 0 aliphatic heterocycles. The van der Waals surface area contributed by atoms with Crippen LogP contribution in [0, 0.1) is 0 Å². The molecule has 0 radical (unpaired) electrons. The van der Waals surface area contributed by atoms with Gasteiger partial charge in [0.25, 0.3) is 0 Å². The molecule has 1 aliphatic rings. The first-order valence-electron chi connectivity index (χ1n) is 10.7. The summed E-state index contributed by atoms with van der Waals surface area (Å²) in [6.45, 7) is 5.61. The monoisotopic (exact) mass is 367 g/mol. The number of hydrogen-bond donors (Lipinski definition) is 0. The first kappa shape index (κ1) is 20.1. The highest BCUT2D eigenvalue weighted by Crippen LogP contribution is 2.34. The van der Waals surface area contributed by atoms with Crippen LogP contribution in [0.3, 0.4) is 0 Å². The molecule has 0 saturated heterocycles. The molecule has 3 rings (SSSR count). The maximum atomic E-state index is 13.3. The summed E-state index contributed by atoms with van der Waals surface area (Å²) in [5, 5.41) is 0. The van der Waals surface area contributed by atoms with Crippen molar-refractivity contribution >= 4 is 0 Å². The van der Waals surface area contributed by atoms with Crippen molar-refractivity contribution in [1.82, 2.24) is 4.90 Å². The van der Waals surface area contributed by atoms with Gasteiger partial charge < -0.3 is 0 Å². The van der Waals surface area contributed by atoms with Crippen LogP contribution in [0.4, 0.5) is 4.39 Å². The molecule has 1 aliphatic carbocycles. The third kappa shape index (κ3) is 6.46. The Morgan fingerprint density at radius 2 is 1.56 bits per heavy atom. The highest BCUT2D eigenvalue weighted by atomic mass is 19.1. The van der Waals surface area contributed by atoms with Gasteiger partial charge in [0, 0.05) is 6.54 Å². The Labute approximate surface area is 164 Å². The summed E-state index contributed by atoms with van der Waals surface area (Å²) in [6, 6.07) is 19.9. The van der Waals surface area contributed by atoms with E-state index >= 15 is 0 Å². The predicted octanol–water partition coefficient (Wildman–Crippen LogP) is 6.53. The number of benzene rings is 2. The zero-order chi connectivity index (χ0) is 18.9. The summed E-state index contributed by atoms with van der Waals surface area (Å²) in [5.74, 6) is 0.567. The minimum Gasteiger partial charge on any atom is -0.299 e. The van der Waals surface area contributed by atoms with E-state index in [0.29, 0.717) is 5.92 Å². The standard InChI is InChI=1S/C25H34FN/c1-2-18-27(20-22-7-4-3-5-8-22)19-6-9-21-10-12-23(13-11-21)24-14-16-25(26)17-15-24/h3-5,7-8,10-13,24-25H,2,6,9,14-20H2,1H3. The molecule has 0 heterocycles. The summed E-state index contributed by atoms with van der Waals surface area (Å²) in [4.78, 5) is 2.57. The fraction of sp³-hybridized carbons (Fsp3) is 0.520. The molecule has 1 fully saturated rings. The number of alkyl halides is 1. The third-order valence-electron chi connectivity index (χ3n) is 5.84. The van der Waals surface area contributed by atoms with Crippen molar-refractivity contribution in [2.24, 2.45) is 0 Å². The van der Waals surface area contributed by atoms with E-state index < -0.39 is 6.17 Å². The predicted molar refractivity (Wildman–Crippen MR) is 113 cm³/mol. The van der Waals surface area contributed by atoms with E-state index in [1.807, 2.05) is 0 Å². The van der Waals surface area contributed by atoms with Gasteiger partial charge in [0.2, 0.25) is 0 Å². The molecule has 0 unspecified atom stereocenters. The zero-order valence-corrected chi connectivity index (χ0v) is 16.7. The van der Waals surface area contributed by atoms with Crippen LogP contribution in [-0.2, 0) is 13.0 Å². The largest absolute Gasteiger partial charge is 0.299 e. The number of rotatable bonds is 9. The normalized spacial score (nSPS) is 20.1. The molecule has 0 bridgehead atoms. The maximum Gasteiger partial charge on any atom is 0.100 e. The smallest absolute Gasteiger partial charge is 0.100 e. The van der Waals surface area contributed by atoms with E-state index in [9.17, 15) is 4.39 Å². The van der Waals surface area contributed by atoms with Crippen molar-refractivity contribution in [2.75, 3.05) is 13.1 Å². The van der Waals surface area contributed by atoms with Crippen LogP contribution < -0.4 is 0 Å². The summed E-state index contributed by atoms with van der Waals surface area (Å²) >= 11 is 0. The second-order valence-electron chi connectivity index (χ2n) is 8.06. The molecule has 146 valence electrons. The van der Waals surface area contributed by atoms with Crippen LogP contribution in [0.15, 0.2) is 54.6 Å². The van der Waals surface area contributed by atoms with Crippen molar-refractivity contribution in [3.63, 3.8) is 0 Å². The van der Waals surface area contributed by atoms with Crippen LogP contribution in [0.2, 0.25) is 0 Å². The van der Waals surface area contributed by atoms with E-state index in [-0.39, 0.29) is 0 Å². The highest BCUT2D eigenvalue weighted by molar-refractivity contribution is 5.26. The zero-order valence-electron chi connectivity index (χ0n) is 16.7. The van der Waals surface area contributed by atoms with Gasteiger partial charge in [-0.05, 0) is 80.6 Å². The van der Waals surface area contributed by atoms with Gasteiger partial charge in [0.05, 0.1) is 0 Å². The Morgan fingerprint density at radius 1 is 0.852 bits per heavy atom. The second-order valence-corrected chi connectivity index (χ2v) is 8.06. The summed E-state index contributed by atoms with van der Waals surface area (Å²) in [6.07, 6.45) is 6.44. The minimum atomic E-state index is -0.567. The van der Waals surface area contributed by atoms with Crippen LogP contribution in [0.25, 0.3) is 0 Å². The third-order valence-corrected chi connectivity index (χ3v) is 5.84. The van der Waals surface area contributed by atoms with Crippen LogP contribution in [0.1, 0.15) is 68.1 Å². The van der Waals surface area contributed by atoms with Crippen molar-refractivity contribution in [3.05, 3.63) is 71.3 Å². The van der Waals surface area contributed by atoms with Crippen LogP contribution in [0.5, 0.6) is 0 Å². The van der Waals surface area contributed by atoms with Crippen molar-refractivity contribution in [1.29, 1.82) is 0 Å². The molecule has 0 N–H and O–H groups in total. The van der Waals surface area contributed by atoms with E-state index in [2.05, 4.69) is 66.4 Å². The van der Waals surface area contributed by atoms with Gasteiger partial charge in [-0.25, -0.2) is 4.39 Å².